The van der Waals surface area contributed by atoms with Gasteiger partial charge in [0, 0.05) is 24.1 Å². The van der Waals surface area contributed by atoms with Crippen molar-refractivity contribution in [2.24, 2.45) is 11.3 Å². The van der Waals surface area contributed by atoms with Gasteiger partial charge in [-0.2, -0.15) is 0 Å². The number of hydrogen-bond donors (Lipinski definition) is 1. The molecule has 0 aromatic heterocycles. The lowest BCUT2D eigenvalue weighted by Gasteiger charge is -2.53. The topological polar surface area (TPSA) is 21.3 Å². The summed E-state index contributed by atoms with van der Waals surface area (Å²) in [4.78, 5) is 0. The second kappa shape index (κ2) is 4.66. The van der Waals surface area contributed by atoms with E-state index in [2.05, 4.69) is 33.0 Å². The highest BCUT2D eigenvalue weighted by Crippen LogP contribution is 2.43. The second-order valence-corrected chi connectivity index (χ2v) is 6.23. The number of rotatable bonds is 4. The Morgan fingerprint density at radius 1 is 1.31 bits per heavy atom. The Balaban J connectivity index is 1.84. The average Bonchev–Trinajstić information content (AvgIpc) is 2.63. The van der Waals surface area contributed by atoms with Crippen LogP contribution in [0, 0.1) is 11.3 Å². The smallest absolute Gasteiger partial charge is 0.0655 e. The maximum Gasteiger partial charge on any atom is 0.0655 e. The highest BCUT2D eigenvalue weighted by molar-refractivity contribution is 5.04. The van der Waals surface area contributed by atoms with E-state index in [9.17, 15) is 0 Å². The summed E-state index contributed by atoms with van der Waals surface area (Å²) in [7, 11) is 0. The standard InChI is InChI=1S/C14H27NO/c1-5-16-13-9-12(14(13,3)4)15-11-8-6-7-10(11)2/h10-13,15H,5-9H2,1-4H3. The summed E-state index contributed by atoms with van der Waals surface area (Å²) in [5.41, 5.74) is 0.318. The van der Waals surface area contributed by atoms with Crippen molar-refractivity contribution in [2.75, 3.05) is 6.61 Å². The van der Waals surface area contributed by atoms with Crippen molar-refractivity contribution in [2.45, 2.75) is 71.6 Å². The van der Waals surface area contributed by atoms with Crippen LogP contribution in [-0.4, -0.2) is 24.8 Å². The predicted octanol–water partition coefficient (Wildman–Crippen LogP) is 2.97. The first kappa shape index (κ1) is 12.4. The summed E-state index contributed by atoms with van der Waals surface area (Å²) in [5.74, 6) is 0.863. The van der Waals surface area contributed by atoms with Gasteiger partial charge in [0.15, 0.2) is 0 Å². The minimum Gasteiger partial charge on any atom is -0.378 e. The minimum atomic E-state index is 0.318. The molecule has 16 heavy (non-hydrogen) atoms. The molecule has 94 valence electrons. The van der Waals surface area contributed by atoms with E-state index in [4.69, 9.17) is 4.74 Å². The van der Waals surface area contributed by atoms with Crippen LogP contribution < -0.4 is 5.32 Å². The van der Waals surface area contributed by atoms with Crippen LogP contribution in [0.1, 0.15) is 53.4 Å². The van der Waals surface area contributed by atoms with Crippen molar-refractivity contribution >= 4 is 0 Å². The highest BCUT2D eigenvalue weighted by atomic mass is 16.5. The molecule has 1 N–H and O–H groups in total. The van der Waals surface area contributed by atoms with E-state index in [1.807, 2.05) is 0 Å². The fourth-order valence-electron chi connectivity index (χ4n) is 3.30. The molecule has 0 spiro atoms. The number of hydrogen-bond acceptors (Lipinski definition) is 2. The normalized spacial score (nSPS) is 42.0. The van der Waals surface area contributed by atoms with Crippen molar-refractivity contribution < 1.29 is 4.74 Å². The van der Waals surface area contributed by atoms with E-state index < -0.39 is 0 Å². The Morgan fingerprint density at radius 2 is 2.06 bits per heavy atom. The summed E-state index contributed by atoms with van der Waals surface area (Å²) < 4.78 is 5.77. The summed E-state index contributed by atoms with van der Waals surface area (Å²) in [5, 5.41) is 3.86. The molecule has 0 aliphatic heterocycles. The lowest BCUT2D eigenvalue weighted by Crippen LogP contribution is -2.63. The third-order valence-electron chi connectivity index (χ3n) is 4.82. The Morgan fingerprint density at radius 3 is 2.56 bits per heavy atom. The van der Waals surface area contributed by atoms with Gasteiger partial charge in [-0.25, -0.2) is 0 Å². The molecule has 2 saturated carbocycles. The van der Waals surface area contributed by atoms with E-state index in [-0.39, 0.29) is 0 Å². The van der Waals surface area contributed by atoms with Crippen molar-refractivity contribution in [1.29, 1.82) is 0 Å². The van der Waals surface area contributed by atoms with Crippen LogP contribution in [0.2, 0.25) is 0 Å². The van der Waals surface area contributed by atoms with E-state index in [0.717, 1.165) is 18.6 Å². The van der Waals surface area contributed by atoms with Crippen LogP contribution >= 0.6 is 0 Å². The summed E-state index contributed by atoms with van der Waals surface area (Å²) in [6.45, 7) is 10.0. The zero-order chi connectivity index (χ0) is 11.8. The second-order valence-electron chi connectivity index (χ2n) is 6.23. The third-order valence-corrected chi connectivity index (χ3v) is 4.82. The van der Waals surface area contributed by atoms with Crippen molar-refractivity contribution in [3.05, 3.63) is 0 Å². The molecule has 4 atom stereocenters. The fourth-order valence-corrected chi connectivity index (χ4v) is 3.30. The molecule has 0 saturated heterocycles. The Hall–Kier alpha value is -0.0800. The zero-order valence-electron chi connectivity index (χ0n) is 11.3. The van der Waals surface area contributed by atoms with E-state index in [1.54, 1.807) is 0 Å². The fraction of sp³-hybridized carbons (Fsp3) is 1.00. The highest BCUT2D eigenvalue weighted by Gasteiger charge is 2.49. The third kappa shape index (κ3) is 2.14. The zero-order valence-corrected chi connectivity index (χ0v) is 11.3. The largest absolute Gasteiger partial charge is 0.378 e. The van der Waals surface area contributed by atoms with Crippen LogP contribution in [0.15, 0.2) is 0 Å². The number of nitrogens with one attached hydrogen (secondary N) is 1. The van der Waals surface area contributed by atoms with Crippen LogP contribution in [0.4, 0.5) is 0 Å². The molecular weight excluding hydrogens is 198 g/mol. The van der Waals surface area contributed by atoms with Gasteiger partial charge in [0.05, 0.1) is 6.10 Å². The Bertz CT molecular complexity index is 239. The molecule has 4 unspecified atom stereocenters. The molecule has 0 aromatic carbocycles. The molecule has 0 radical (unpaired) electrons. The monoisotopic (exact) mass is 225 g/mol. The molecule has 0 aromatic rings. The van der Waals surface area contributed by atoms with Crippen LogP contribution in [-0.2, 0) is 4.74 Å². The molecule has 2 aliphatic rings. The molecule has 0 heterocycles. The van der Waals surface area contributed by atoms with Crippen molar-refractivity contribution in [1.82, 2.24) is 5.32 Å². The van der Waals surface area contributed by atoms with E-state index in [0.29, 0.717) is 17.6 Å². The van der Waals surface area contributed by atoms with Gasteiger partial charge in [0.25, 0.3) is 0 Å². The molecule has 2 aliphatic carbocycles. The lowest BCUT2D eigenvalue weighted by atomic mass is 9.64. The lowest BCUT2D eigenvalue weighted by molar-refractivity contribution is -0.117. The summed E-state index contributed by atoms with van der Waals surface area (Å²) >= 11 is 0. The Labute approximate surface area is 100 Å². The Kier molecular flexibility index (Phi) is 3.60. The first-order valence-electron chi connectivity index (χ1n) is 6.93. The van der Waals surface area contributed by atoms with Gasteiger partial charge in [-0.15, -0.1) is 0 Å². The average molecular weight is 225 g/mol. The SMILES string of the molecule is CCOC1CC(NC2CCCC2C)C1(C)C. The maximum absolute atomic E-state index is 5.77. The van der Waals surface area contributed by atoms with Crippen LogP contribution in [0.5, 0.6) is 0 Å². The summed E-state index contributed by atoms with van der Waals surface area (Å²) in [6.07, 6.45) is 5.84. The van der Waals surface area contributed by atoms with Gasteiger partial charge in [-0.1, -0.05) is 27.2 Å². The van der Waals surface area contributed by atoms with E-state index >= 15 is 0 Å². The predicted molar refractivity (Wildman–Crippen MR) is 67.5 cm³/mol. The quantitative estimate of drug-likeness (QED) is 0.794. The van der Waals surface area contributed by atoms with Crippen molar-refractivity contribution in [3.63, 3.8) is 0 Å². The molecule has 2 heteroatoms. The minimum absolute atomic E-state index is 0.318. The molecule has 0 bridgehead atoms. The number of ether oxygens (including phenoxy) is 1. The molecule has 2 nitrogen and oxygen atoms in total. The van der Waals surface area contributed by atoms with Gasteiger partial charge in [0.1, 0.15) is 0 Å². The van der Waals surface area contributed by atoms with Gasteiger partial charge in [-0.05, 0) is 32.1 Å². The molecule has 2 fully saturated rings. The van der Waals surface area contributed by atoms with Gasteiger partial charge in [0.2, 0.25) is 0 Å². The van der Waals surface area contributed by atoms with Crippen molar-refractivity contribution in [3.8, 4) is 0 Å². The van der Waals surface area contributed by atoms with Gasteiger partial charge >= 0.3 is 0 Å². The first-order chi connectivity index (χ1) is 7.55. The molecule has 2 rings (SSSR count). The van der Waals surface area contributed by atoms with Crippen LogP contribution in [0.3, 0.4) is 0 Å². The maximum atomic E-state index is 5.77. The first-order valence-corrected chi connectivity index (χ1v) is 6.93. The molecule has 0 amide bonds. The van der Waals surface area contributed by atoms with Gasteiger partial charge < -0.3 is 10.1 Å². The van der Waals surface area contributed by atoms with Gasteiger partial charge in [-0.3, -0.25) is 0 Å². The van der Waals surface area contributed by atoms with Crippen LogP contribution in [0.25, 0.3) is 0 Å². The summed E-state index contributed by atoms with van der Waals surface area (Å²) in [6, 6.07) is 1.42. The molecular formula is C14H27NO. The van der Waals surface area contributed by atoms with E-state index in [1.165, 1.54) is 25.7 Å².